The predicted molar refractivity (Wildman–Crippen MR) is 150 cm³/mol. The van der Waals surface area contributed by atoms with Crippen molar-refractivity contribution in [3.05, 3.63) is 0 Å². The quantitative estimate of drug-likeness (QED) is 0.310. The minimum atomic E-state index is -1.02. The van der Waals surface area contributed by atoms with Gasteiger partial charge in [-0.3, -0.25) is 9.59 Å². The summed E-state index contributed by atoms with van der Waals surface area (Å²) in [5, 5.41) is 11.8. The molecule has 3 aliphatic rings. The standard InChI is InChI=1S/C30H52O5.C2H6/c1-9-27(25(32)35-29(10-2)13-11-12-14-29)18-28(33)16-23(7)17-30(19-27,20-28)34-24(31)26(8,22(5)6)15-21(3)4;1-2/h21-23,33H,9-20H2,1-8H3;1-2H3. The number of carbonyl (C=O) groups is 2. The van der Waals surface area contributed by atoms with Gasteiger partial charge in [0.05, 0.1) is 16.4 Å². The highest BCUT2D eigenvalue weighted by Gasteiger charge is 2.63. The maximum Gasteiger partial charge on any atom is 0.312 e. The SMILES string of the molecule is CC.CCC1(OC(=O)C2(CC)CC3(O)CC(C)CC(OC(=O)C(C)(CC(C)C)C(C)C)(C3)C2)CCCC1. The number of rotatable bonds is 9. The summed E-state index contributed by atoms with van der Waals surface area (Å²) in [7, 11) is 0. The minimum Gasteiger partial charge on any atom is -0.459 e. The summed E-state index contributed by atoms with van der Waals surface area (Å²) in [4.78, 5) is 27.8. The maximum atomic E-state index is 13.9. The van der Waals surface area contributed by atoms with Gasteiger partial charge in [0.2, 0.25) is 0 Å². The van der Waals surface area contributed by atoms with Crippen LogP contribution < -0.4 is 0 Å². The first-order valence-electron chi connectivity index (χ1n) is 15.4. The zero-order valence-electron chi connectivity index (χ0n) is 25.8. The van der Waals surface area contributed by atoms with Crippen LogP contribution in [0.5, 0.6) is 0 Å². The van der Waals surface area contributed by atoms with Crippen molar-refractivity contribution in [2.24, 2.45) is 28.6 Å². The molecule has 0 radical (unpaired) electrons. The summed E-state index contributed by atoms with van der Waals surface area (Å²) in [5.41, 5.74) is -3.67. The van der Waals surface area contributed by atoms with Crippen LogP contribution in [0.2, 0.25) is 0 Å². The topological polar surface area (TPSA) is 72.8 Å². The summed E-state index contributed by atoms with van der Waals surface area (Å²) in [6.07, 6.45) is 8.74. The molecule has 5 atom stereocenters. The average Bonchev–Trinajstić information content (AvgIpc) is 3.26. The molecule has 0 aliphatic heterocycles. The van der Waals surface area contributed by atoms with Crippen LogP contribution in [0.1, 0.15) is 146 Å². The second-order valence-corrected chi connectivity index (χ2v) is 13.8. The number of ether oxygens (including phenoxy) is 2. The Hall–Kier alpha value is -1.10. The van der Waals surface area contributed by atoms with Crippen LogP contribution in [0.4, 0.5) is 0 Å². The predicted octanol–water partition coefficient (Wildman–Crippen LogP) is 8.01. The number of hydrogen-bond acceptors (Lipinski definition) is 5. The Morgan fingerprint density at radius 2 is 1.54 bits per heavy atom. The summed E-state index contributed by atoms with van der Waals surface area (Å²) in [6.45, 7) is 20.7. The molecule has 37 heavy (non-hydrogen) atoms. The lowest BCUT2D eigenvalue weighted by atomic mass is 9.53. The third-order valence-corrected chi connectivity index (χ3v) is 9.89. The zero-order valence-corrected chi connectivity index (χ0v) is 25.8. The molecule has 216 valence electrons. The van der Waals surface area contributed by atoms with Gasteiger partial charge in [0.1, 0.15) is 11.2 Å². The first-order chi connectivity index (χ1) is 17.2. The number of fused-ring (bicyclic) bond motifs is 2. The molecular weight excluding hydrogens is 464 g/mol. The fraction of sp³-hybridized carbons (Fsp3) is 0.938. The van der Waals surface area contributed by atoms with Gasteiger partial charge in [-0.2, -0.15) is 0 Å². The van der Waals surface area contributed by atoms with Gasteiger partial charge in [-0.1, -0.05) is 62.3 Å². The lowest BCUT2D eigenvalue weighted by Crippen LogP contribution is -2.62. The van der Waals surface area contributed by atoms with E-state index in [9.17, 15) is 14.7 Å². The third-order valence-electron chi connectivity index (χ3n) is 9.89. The van der Waals surface area contributed by atoms with E-state index >= 15 is 0 Å². The Balaban J connectivity index is 0.00000235. The van der Waals surface area contributed by atoms with Crippen molar-refractivity contribution in [3.63, 3.8) is 0 Å². The van der Waals surface area contributed by atoms with Crippen molar-refractivity contribution in [1.82, 2.24) is 0 Å². The summed E-state index contributed by atoms with van der Waals surface area (Å²) < 4.78 is 12.9. The maximum absolute atomic E-state index is 13.9. The molecule has 0 saturated heterocycles. The Kier molecular flexibility index (Phi) is 10.4. The van der Waals surface area contributed by atoms with Crippen LogP contribution in [-0.4, -0.2) is 33.8 Å². The monoisotopic (exact) mass is 522 g/mol. The highest BCUT2D eigenvalue weighted by Crippen LogP contribution is 2.58. The molecule has 1 N–H and O–H groups in total. The Morgan fingerprint density at radius 3 is 2.03 bits per heavy atom. The molecule has 3 rings (SSSR count). The molecule has 0 spiro atoms. The molecule has 0 amide bonds. The average molecular weight is 523 g/mol. The van der Waals surface area contributed by atoms with E-state index < -0.39 is 22.0 Å². The number of carbonyl (C=O) groups excluding carboxylic acids is 2. The van der Waals surface area contributed by atoms with E-state index in [1.54, 1.807) is 0 Å². The van der Waals surface area contributed by atoms with E-state index in [1.807, 2.05) is 27.7 Å². The second-order valence-electron chi connectivity index (χ2n) is 13.8. The number of esters is 2. The molecule has 3 saturated carbocycles. The van der Waals surface area contributed by atoms with E-state index in [2.05, 4.69) is 41.5 Å². The molecule has 0 aromatic rings. The molecule has 0 aromatic carbocycles. The smallest absolute Gasteiger partial charge is 0.312 e. The molecule has 2 bridgehead atoms. The van der Waals surface area contributed by atoms with Gasteiger partial charge in [0.15, 0.2) is 0 Å². The van der Waals surface area contributed by atoms with Gasteiger partial charge >= 0.3 is 11.9 Å². The third kappa shape index (κ3) is 6.73. The normalized spacial score (nSPS) is 34.4. The number of aliphatic hydroxyl groups is 1. The van der Waals surface area contributed by atoms with Crippen LogP contribution in [0.25, 0.3) is 0 Å². The van der Waals surface area contributed by atoms with Crippen LogP contribution in [0.3, 0.4) is 0 Å². The molecule has 3 fully saturated rings. The van der Waals surface area contributed by atoms with Gasteiger partial charge in [-0.25, -0.2) is 0 Å². The fourth-order valence-corrected chi connectivity index (χ4v) is 7.90. The largest absolute Gasteiger partial charge is 0.459 e. The first kappa shape index (κ1) is 32.1. The molecule has 5 unspecified atom stereocenters. The lowest BCUT2D eigenvalue weighted by molar-refractivity contribution is -0.231. The Morgan fingerprint density at radius 1 is 0.946 bits per heavy atom. The van der Waals surface area contributed by atoms with Gasteiger partial charge in [-0.15, -0.1) is 0 Å². The van der Waals surface area contributed by atoms with Crippen molar-refractivity contribution in [2.45, 2.75) is 163 Å². The van der Waals surface area contributed by atoms with Gasteiger partial charge in [0.25, 0.3) is 0 Å². The fourth-order valence-electron chi connectivity index (χ4n) is 7.90. The lowest BCUT2D eigenvalue weighted by Gasteiger charge is -2.57. The molecular formula is C32H58O5. The van der Waals surface area contributed by atoms with Crippen molar-refractivity contribution >= 4 is 11.9 Å². The van der Waals surface area contributed by atoms with Crippen LogP contribution in [0.15, 0.2) is 0 Å². The van der Waals surface area contributed by atoms with Gasteiger partial charge in [-0.05, 0) is 88.9 Å². The van der Waals surface area contributed by atoms with Gasteiger partial charge in [0, 0.05) is 12.8 Å². The van der Waals surface area contributed by atoms with Crippen molar-refractivity contribution < 1.29 is 24.2 Å². The van der Waals surface area contributed by atoms with Crippen LogP contribution in [-0.2, 0) is 19.1 Å². The Bertz CT molecular complexity index is 784. The van der Waals surface area contributed by atoms with E-state index in [4.69, 9.17) is 9.47 Å². The van der Waals surface area contributed by atoms with E-state index in [1.165, 1.54) is 0 Å². The second kappa shape index (κ2) is 12.0. The first-order valence-corrected chi connectivity index (χ1v) is 15.4. The Labute approximate surface area is 227 Å². The zero-order chi connectivity index (χ0) is 28.3. The summed E-state index contributed by atoms with van der Waals surface area (Å²) in [6, 6.07) is 0. The highest BCUT2D eigenvalue weighted by atomic mass is 16.6. The molecule has 3 aliphatic carbocycles. The van der Waals surface area contributed by atoms with Crippen LogP contribution in [0, 0.1) is 28.6 Å². The number of hydrogen-bond donors (Lipinski definition) is 1. The van der Waals surface area contributed by atoms with Crippen molar-refractivity contribution in [3.8, 4) is 0 Å². The van der Waals surface area contributed by atoms with Crippen molar-refractivity contribution in [1.29, 1.82) is 0 Å². The molecule has 0 aromatic heterocycles. The van der Waals surface area contributed by atoms with Gasteiger partial charge < -0.3 is 14.6 Å². The highest BCUT2D eigenvalue weighted by molar-refractivity contribution is 5.79. The molecule has 5 nitrogen and oxygen atoms in total. The van der Waals surface area contributed by atoms with Crippen molar-refractivity contribution in [2.75, 3.05) is 0 Å². The van der Waals surface area contributed by atoms with E-state index in [0.717, 1.165) is 38.5 Å². The molecule has 5 heteroatoms. The molecule has 0 heterocycles. The van der Waals surface area contributed by atoms with E-state index in [0.29, 0.717) is 44.4 Å². The minimum absolute atomic E-state index is 0.130. The summed E-state index contributed by atoms with van der Waals surface area (Å²) in [5.74, 6) is 0.344. The summed E-state index contributed by atoms with van der Waals surface area (Å²) >= 11 is 0. The van der Waals surface area contributed by atoms with E-state index in [-0.39, 0.29) is 29.4 Å². The van der Waals surface area contributed by atoms with Crippen LogP contribution >= 0.6 is 0 Å².